The van der Waals surface area contributed by atoms with Gasteiger partial charge in [-0.05, 0) is 61.4 Å². The Balaban J connectivity index is 1.47. The van der Waals surface area contributed by atoms with E-state index in [4.69, 9.17) is 0 Å². The molecule has 0 aromatic heterocycles. The summed E-state index contributed by atoms with van der Waals surface area (Å²) in [6.45, 7) is 2.03. The van der Waals surface area contributed by atoms with Crippen LogP contribution >= 0.6 is 15.9 Å². The Hall–Kier alpha value is -1.68. The molecule has 0 aliphatic heterocycles. The van der Waals surface area contributed by atoms with Crippen molar-refractivity contribution in [3.05, 3.63) is 69.9 Å². The monoisotopic (exact) mass is 389 g/mol. The second-order valence-corrected chi connectivity index (χ2v) is 7.46. The van der Waals surface area contributed by atoms with Gasteiger partial charge in [0.2, 0.25) is 5.91 Å². The lowest BCUT2D eigenvalue weighted by Gasteiger charge is -2.14. The number of carbonyl (C=O) groups is 1. The van der Waals surface area contributed by atoms with Gasteiger partial charge >= 0.3 is 0 Å². The number of hydrogen-bond acceptors (Lipinski definition) is 1. The van der Waals surface area contributed by atoms with Gasteiger partial charge in [0.1, 0.15) is 5.82 Å². The minimum atomic E-state index is -0.207. The molecule has 4 heteroatoms. The van der Waals surface area contributed by atoms with Crippen LogP contribution in [-0.2, 0) is 11.2 Å². The highest BCUT2D eigenvalue weighted by Gasteiger charge is 2.45. The molecule has 1 amide bonds. The second-order valence-electron chi connectivity index (χ2n) is 6.54. The largest absolute Gasteiger partial charge is 0.353 e. The Morgan fingerprint density at radius 2 is 1.96 bits per heavy atom. The van der Waals surface area contributed by atoms with Crippen molar-refractivity contribution < 1.29 is 9.18 Å². The molecule has 0 saturated heterocycles. The van der Waals surface area contributed by atoms with E-state index in [0.717, 1.165) is 23.7 Å². The SMILES string of the molecule is CC(CCc1ccc(Br)cc1)NC(=O)C1CC1c1ccccc1F. The predicted molar refractivity (Wildman–Crippen MR) is 97.3 cm³/mol. The lowest BCUT2D eigenvalue weighted by Crippen LogP contribution is -2.34. The fraction of sp³-hybridized carbons (Fsp3) is 0.350. The van der Waals surface area contributed by atoms with E-state index in [2.05, 4.69) is 33.4 Å². The van der Waals surface area contributed by atoms with Gasteiger partial charge in [-0.1, -0.05) is 46.3 Å². The smallest absolute Gasteiger partial charge is 0.223 e. The molecule has 0 heterocycles. The molecular formula is C20H21BrFNO. The topological polar surface area (TPSA) is 29.1 Å². The van der Waals surface area contributed by atoms with Crippen molar-refractivity contribution in [2.75, 3.05) is 0 Å². The molecule has 0 spiro atoms. The van der Waals surface area contributed by atoms with E-state index in [9.17, 15) is 9.18 Å². The van der Waals surface area contributed by atoms with Crippen molar-refractivity contribution in [3.63, 3.8) is 0 Å². The van der Waals surface area contributed by atoms with E-state index >= 15 is 0 Å². The molecule has 2 nitrogen and oxygen atoms in total. The molecule has 1 N–H and O–H groups in total. The van der Waals surface area contributed by atoms with Gasteiger partial charge in [0.05, 0.1) is 0 Å². The fourth-order valence-corrected chi connectivity index (χ4v) is 3.32. The van der Waals surface area contributed by atoms with Gasteiger partial charge in [0.15, 0.2) is 0 Å². The van der Waals surface area contributed by atoms with Crippen LogP contribution in [-0.4, -0.2) is 11.9 Å². The molecule has 2 aromatic rings. The number of rotatable bonds is 6. The molecule has 1 aliphatic carbocycles. The lowest BCUT2D eigenvalue weighted by atomic mass is 10.1. The molecule has 1 aliphatic rings. The lowest BCUT2D eigenvalue weighted by molar-refractivity contribution is -0.123. The number of amides is 1. The first-order valence-electron chi connectivity index (χ1n) is 8.34. The molecule has 126 valence electrons. The summed E-state index contributed by atoms with van der Waals surface area (Å²) in [5.41, 5.74) is 1.93. The predicted octanol–water partition coefficient (Wildman–Crippen LogP) is 4.83. The third-order valence-electron chi connectivity index (χ3n) is 4.60. The molecule has 2 aromatic carbocycles. The van der Waals surface area contributed by atoms with Crippen molar-refractivity contribution in [2.24, 2.45) is 5.92 Å². The summed E-state index contributed by atoms with van der Waals surface area (Å²) < 4.78 is 14.9. The zero-order valence-corrected chi connectivity index (χ0v) is 15.2. The average Bonchev–Trinajstić information content (AvgIpc) is 3.35. The molecule has 3 rings (SSSR count). The van der Waals surface area contributed by atoms with Crippen LogP contribution < -0.4 is 5.32 Å². The van der Waals surface area contributed by atoms with Gasteiger partial charge in [-0.2, -0.15) is 0 Å². The number of benzene rings is 2. The first kappa shape index (κ1) is 17.2. The van der Waals surface area contributed by atoms with E-state index in [-0.39, 0.29) is 29.6 Å². The van der Waals surface area contributed by atoms with Crippen LogP contribution in [0.4, 0.5) is 4.39 Å². The van der Waals surface area contributed by atoms with Crippen molar-refractivity contribution in [1.29, 1.82) is 0 Å². The number of nitrogens with one attached hydrogen (secondary N) is 1. The summed E-state index contributed by atoms with van der Waals surface area (Å²) in [4.78, 5) is 12.3. The Morgan fingerprint density at radius 3 is 2.67 bits per heavy atom. The number of carbonyl (C=O) groups excluding carboxylic acids is 1. The van der Waals surface area contributed by atoms with Crippen LogP contribution in [0.2, 0.25) is 0 Å². The normalized spacial score (nSPS) is 20.5. The van der Waals surface area contributed by atoms with Gasteiger partial charge < -0.3 is 5.32 Å². The third-order valence-corrected chi connectivity index (χ3v) is 5.13. The minimum Gasteiger partial charge on any atom is -0.353 e. The quantitative estimate of drug-likeness (QED) is 0.752. The molecule has 1 saturated carbocycles. The maximum absolute atomic E-state index is 13.8. The van der Waals surface area contributed by atoms with Gasteiger partial charge in [-0.3, -0.25) is 4.79 Å². The maximum atomic E-state index is 13.8. The van der Waals surface area contributed by atoms with Crippen LogP contribution in [0, 0.1) is 11.7 Å². The Labute approximate surface area is 150 Å². The van der Waals surface area contributed by atoms with Crippen LogP contribution in [0.15, 0.2) is 53.0 Å². The van der Waals surface area contributed by atoms with Crippen LogP contribution in [0.5, 0.6) is 0 Å². The highest BCUT2D eigenvalue weighted by molar-refractivity contribution is 9.10. The van der Waals surface area contributed by atoms with E-state index in [1.54, 1.807) is 12.1 Å². The van der Waals surface area contributed by atoms with Crippen LogP contribution in [0.3, 0.4) is 0 Å². The number of hydrogen-bond donors (Lipinski definition) is 1. The third kappa shape index (κ3) is 4.23. The zero-order valence-electron chi connectivity index (χ0n) is 13.6. The summed E-state index contributed by atoms with van der Waals surface area (Å²) in [5.74, 6) is -0.213. The second kappa shape index (κ2) is 7.47. The summed E-state index contributed by atoms with van der Waals surface area (Å²) in [6, 6.07) is 15.1. The van der Waals surface area contributed by atoms with Crippen LogP contribution in [0.25, 0.3) is 0 Å². The molecule has 3 atom stereocenters. The number of aryl methyl sites for hydroxylation is 1. The molecule has 0 radical (unpaired) electrons. The fourth-order valence-electron chi connectivity index (χ4n) is 3.06. The Bertz CT molecular complexity index is 716. The molecule has 3 unspecified atom stereocenters. The van der Waals surface area contributed by atoms with Crippen molar-refractivity contribution >= 4 is 21.8 Å². The standard InChI is InChI=1S/C20H21BrFNO/c1-13(6-7-14-8-10-15(21)11-9-14)23-20(24)18-12-17(18)16-4-2-3-5-19(16)22/h2-5,8-11,13,17-18H,6-7,12H2,1H3,(H,23,24). The maximum Gasteiger partial charge on any atom is 0.223 e. The van der Waals surface area contributed by atoms with Crippen LogP contribution in [0.1, 0.15) is 36.8 Å². The highest BCUT2D eigenvalue weighted by Crippen LogP contribution is 2.48. The van der Waals surface area contributed by atoms with E-state index in [1.165, 1.54) is 11.6 Å². The first-order chi connectivity index (χ1) is 11.5. The highest BCUT2D eigenvalue weighted by atomic mass is 79.9. The summed E-state index contributed by atoms with van der Waals surface area (Å²) in [7, 11) is 0. The van der Waals surface area contributed by atoms with Crippen molar-refractivity contribution in [1.82, 2.24) is 5.32 Å². The molecule has 24 heavy (non-hydrogen) atoms. The molecule has 1 fully saturated rings. The summed E-state index contributed by atoms with van der Waals surface area (Å²) in [5, 5.41) is 3.07. The minimum absolute atomic E-state index is 0.0323. The van der Waals surface area contributed by atoms with Crippen molar-refractivity contribution in [3.8, 4) is 0 Å². The summed E-state index contributed by atoms with van der Waals surface area (Å²) in [6.07, 6.45) is 2.56. The Kier molecular flexibility index (Phi) is 5.34. The Morgan fingerprint density at radius 1 is 1.25 bits per heavy atom. The molecular weight excluding hydrogens is 369 g/mol. The summed E-state index contributed by atoms with van der Waals surface area (Å²) >= 11 is 3.43. The van der Waals surface area contributed by atoms with E-state index < -0.39 is 0 Å². The van der Waals surface area contributed by atoms with E-state index in [0.29, 0.717) is 5.56 Å². The molecule has 0 bridgehead atoms. The van der Waals surface area contributed by atoms with Gasteiger partial charge in [0, 0.05) is 16.4 Å². The van der Waals surface area contributed by atoms with Gasteiger partial charge in [-0.15, -0.1) is 0 Å². The van der Waals surface area contributed by atoms with Gasteiger partial charge in [-0.25, -0.2) is 4.39 Å². The average molecular weight is 390 g/mol. The number of halogens is 2. The first-order valence-corrected chi connectivity index (χ1v) is 9.13. The van der Waals surface area contributed by atoms with E-state index in [1.807, 2.05) is 25.1 Å². The van der Waals surface area contributed by atoms with Gasteiger partial charge in [0.25, 0.3) is 0 Å². The van der Waals surface area contributed by atoms with Crippen molar-refractivity contribution in [2.45, 2.75) is 38.1 Å². The zero-order chi connectivity index (χ0) is 17.1.